The number of phenolic OH excluding ortho intramolecular Hbond substituents is 1. The predicted octanol–water partition coefficient (Wildman–Crippen LogP) is 5.48. The molecule has 2 saturated carbocycles. The highest BCUT2D eigenvalue weighted by atomic mass is 16.5. The minimum absolute atomic E-state index is 0.0602. The van der Waals surface area contributed by atoms with Gasteiger partial charge in [-0.3, -0.25) is 0 Å². The van der Waals surface area contributed by atoms with Crippen LogP contribution in [0.5, 0.6) is 17.2 Å². The van der Waals surface area contributed by atoms with Gasteiger partial charge in [0, 0.05) is 24.7 Å². The lowest BCUT2D eigenvalue weighted by molar-refractivity contribution is -0.207. The van der Waals surface area contributed by atoms with Crippen molar-refractivity contribution in [3.8, 4) is 17.2 Å². The Hall–Kier alpha value is -1.42. The molecule has 1 N–H and O–H groups in total. The van der Waals surface area contributed by atoms with Crippen LogP contribution in [0.25, 0.3) is 0 Å². The molecule has 150 valence electrons. The molecule has 1 heterocycles. The SMILES string of the molecule is COc1cc2c(cc1O)O[C@]1(C)CC[C@H]3C(C)(C)CCC[C@]3(C)[C@H]1C2OC. The van der Waals surface area contributed by atoms with E-state index >= 15 is 0 Å². The molecular weight excluding hydrogens is 340 g/mol. The third-order valence-electron chi connectivity index (χ3n) is 8.09. The van der Waals surface area contributed by atoms with Crippen molar-refractivity contribution in [1.29, 1.82) is 0 Å². The maximum atomic E-state index is 10.3. The first-order chi connectivity index (χ1) is 12.7. The van der Waals surface area contributed by atoms with Gasteiger partial charge in [-0.2, -0.15) is 0 Å². The maximum absolute atomic E-state index is 10.3. The number of phenols is 1. The molecule has 4 heteroatoms. The normalized spacial score (nSPS) is 39.6. The lowest BCUT2D eigenvalue weighted by Gasteiger charge is -2.64. The highest BCUT2D eigenvalue weighted by Gasteiger charge is 2.63. The molecule has 1 unspecified atom stereocenters. The lowest BCUT2D eigenvalue weighted by atomic mass is 9.44. The standard InChI is InChI=1S/C23H34O4/c1-21(2)9-7-10-22(3)18(21)8-11-23(4)20(22)19(26-6)14-12-17(25-5)15(24)13-16(14)27-23/h12-13,18-20,24H,7-11H2,1-6H3/t18-,19?,20+,22-,23+/m0/s1. The van der Waals surface area contributed by atoms with E-state index in [2.05, 4.69) is 27.7 Å². The molecule has 27 heavy (non-hydrogen) atoms. The van der Waals surface area contributed by atoms with Crippen LogP contribution in [0.1, 0.15) is 71.5 Å². The molecule has 4 nitrogen and oxygen atoms in total. The molecule has 5 atom stereocenters. The summed E-state index contributed by atoms with van der Waals surface area (Å²) in [7, 11) is 3.39. The molecule has 1 aromatic rings. The molecule has 1 aliphatic heterocycles. The van der Waals surface area contributed by atoms with Gasteiger partial charge in [0.15, 0.2) is 11.5 Å². The van der Waals surface area contributed by atoms with Gasteiger partial charge in [0.05, 0.1) is 13.2 Å². The fourth-order valence-corrected chi connectivity index (χ4v) is 7.06. The Bertz CT molecular complexity index is 742. The summed E-state index contributed by atoms with van der Waals surface area (Å²) in [4.78, 5) is 0. The first-order valence-corrected chi connectivity index (χ1v) is 10.3. The minimum Gasteiger partial charge on any atom is -0.504 e. The number of fused-ring (bicyclic) bond motifs is 4. The number of benzene rings is 1. The van der Waals surface area contributed by atoms with E-state index in [4.69, 9.17) is 14.2 Å². The third kappa shape index (κ3) is 2.59. The van der Waals surface area contributed by atoms with Gasteiger partial charge < -0.3 is 19.3 Å². The molecular formula is C23H34O4. The molecule has 0 spiro atoms. The average Bonchev–Trinajstić information content (AvgIpc) is 2.58. The zero-order valence-corrected chi connectivity index (χ0v) is 17.6. The van der Waals surface area contributed by atoms with Crippen molar-refractivity contribution in [3.63, 3.8) is 0 Å². The number of aromatic hydroxyl groups is 1. The molecule has 1 aromatic carbocycles. The van der Waals surface area contributed by atoms with Crippen LogP contribution in [-0.2, 0) is 4.74 Å². The van der Waals surface area contributed by atoms with Crippen molar-refractivity contribution in [2.45, 2.75) is 71.5 Å². The minimum atomic E-state index is -0.284. The first kappa shape index (κ1) is 18.9. The molecule has 2 fully saturated rings. The number of ether oxygens (including phenoxy) is 3. The lowest BCUT2D eigenvalue weighted by Crippen LogP contribution is -2.62. The first-order valence-electron chi connectivity index (χ1n) is 10.3. The van der Waals surface area contributed by atoms with Crippen LogP contribution in [0.4, 0.5) is 0 Å². The molecule has 0 bridgehead atoms. The quantitative estimate of drug-likeness (QED) is 0.744. The molecule has 0 radical (unpaired) electrons. The zero-order chi connectivity index (χ0) is 19.6. The highest BCUT2D eigenvalue weighted by Crippen LogP contribution is 2.67. The van der Waals surface area contributed by atoms with Crippen LogP contribution >= 0.6 is 0 Å². The van der Waals surface area contributed by atoms with Crippen molar-refractivity contribution in [2.75, 3.05) is 14.2 Å². The fraction of sp³-hybridized carbons (Fsp3) is 0.739. The maximum Gasteiger partial charge on any atom is 0.161 e. The second kappa shape index (κ2) is 6.04. The number of rotatable bonds is 2. The van der Waals surface area contributed by atoms with E-state index in [1.165, 1.54) is 25.7 Å². The number of hydrogen-bond donors (Lipinski definition) is 1. The summed E-state index contributed by atoms with van der Waals surface area (Å²) in [5.74, 6) is 2.26. The van der Waals surface area contributed by atoms with Gasteiger partial charge >= 0.3 is 0 Å². The van der Waals surface area contributed by atoms with E-state index in [9.17, 15) is 5.11 Å². The Morgan fingerprint density at radius 1 is 1.07 bits per heavy atom. The van der Waals surface area contributed by atoms with E-state index in [1.807, 2.05) is 6.07 Å². The second-order valence-corrected chi connectivity index (χ2v) is 10.0. The molecule has 0 saturated heterocycles. The Morgan fingerprint density at radius 2 is 1.81 bits per heavy atom. The summed E-state index contributed by atoms with van der Waals surface area (Å²) < 4.78 is 18.1. The Morgan fingerprint density at radius 3 is 2.48 bits per heavy atom. The van der Waals surface area contributed by atoms with E-state index in [0.717, 1.165) is 17.7 Å². The topological polar surface area (TPSA) is 47.9 Å². The number of methoxy groups -OCH3 is 2. The van der Waals surface area contributed by atoms with Gasteiger partial charge in [-0.1, -0.05) is 27.2 Å². The summed E-state index contributed by atoms with van der Waals surface area (Å²) in [5.41, 5.74) is 1.23. The van der Waals surface area contributed by atoms with Gasteiger partial charge in [0.2, 0.25) is 0 Å². The van der Waals surface area contributed by atoms with Crippen molar-refractivity contribution < 1.29 is 19.3 Å². The Kier molecular flexibility index (Phi) is 4.23. The molecule has 2 aliphatic carbocycles. The van der Waals surface area contributed by atoms with Gasteiger partial charge in [-0.05, 0) is 55.4 Å². The van der Waals surface area contributed by atoms with Crippen molar-refractivity contribution in [2.24, 2.45) is 22.7 Å². The Labute approximate surface area is 163 Å². The van der Waals surface area contributed by atoms with Crippen LogP contribution in [0.2, 0.25) is 0 Å². The smallest absolute Gasteiger partial charge is 0.161 e. The van der Waals surface area contributed by atoms with E-state index in [1.54, 1.807) is 20.3 Å². The summed E-state index contributed by atoms with van der Waals surface area (Å²) >= 11 is 0. The molecule has 4 rings (SSSR count). The second-order valence-electron chi connectivity index (χ2n) is 10.0. The summed E-state index contributed by atoms with van der Waals surface area (Å²) in [6, 6.07) is 3.60. The van der Waals surface area contributed by atoms with E-state index < -0.39 is 0 Å². The van der Waals surface area contributed by atoms with Gasteiger partial charge in [0.25, 0.3) is 0 Å². The third-order valence-corrected chi connectivity index (χ3v) is 8.09. The van der Waals surface area contributed by atoms with Gasteiger partial charge in [-0.15, -0.1) is 0 Å². The van der Waals surface area contributed by atoms with Crippen LogP contribution in [0, 0.1) is 22.7 Å². The van der Waals surface area contributed by atoms with Gasteiger partial charge in [-0.25, -0.2) is 0 Å². The van der Waals surface area contributed by atoms with Crippen LogP contribution in [0.3, 0.4) is 0 Å². The zero-order valence-electron chi connectivity index (χ0n) is 17.6. The van der Waals surface area contributed by atoms with E-state index in [0.29, 0.717) is 17.1 Å². The molecule has 0 aromatic heterocycles. The van der Waals surface area contributed by atoms with Crippen LogP contribution in [0.15, 0.2) is 12.1 Å². The highest BCUT2D eigenvalue weighted by molar-refractivity contribution is 5.52. The Balaban J connectivity index is 1.86. The summed E-state index contributed by atoms with van der Waals surface area (Å²) in [5, 5.41) is 10.3. The molecule has 3 aliphatic rings. The largest absolute Gasteiger partial charge is 0.504 e. The monoisotopic (exact) mass is 374 g/mol. The number of hydrogen-bond acceptors (Lipinski definition) is 4. The summed E-state index contributed by atoms with van der Waals surface area (Å²) in [6.45, 7) is 9.60. The average molecular weight is 375 g/mol. The summed E-state index contributed by atoms with van der Waals surface area (Å²) in [6.07, 6.45) is 5.92. The van der Waals surface area contributed by atoms with Crippen LogP contribution < -0.4 is 9.47 Å². The van der Waals surface area contributed by atoms with Crippen molar-refractivity contribution >= 4 is 0 Å². The van der Waals surface area contributed by atoms with Crippen LogP contribution in [-0.4, -0.2) is 24.9 Å². The molecule has 0 amide bonds. The predicted molar refractivity (Wildman–Crippen MR) is 105 cm³/mol. The van der Waals surface area contributed by atoms with E-state index in [-0.39, 0.29) is 28.8 Å². The van der Waals surface area contributed by atoms with Crippen molar-refractivity contribution in [3.05, 3.63) is 17.7 Å². The van der Waals surface area contributed by atoms with Crippen molar-refractivity contribution in [1.82, 2.24) is 0 Å². The van der Waals surface area contributed by atoms with Gasteiger partial charge in [0.1, 0.15) is 11.4 Å². The fourth-order valence-electron chi connectivity index (χ4n) is 7.06.